The number of halogens is 1. The molecule has 2 aliphatic rings. The van der Waals surface area contributed by atoms with Gasteiger partial charge in [-0.2, -0.15) is 8.42 Å². The largest absolute Gasteiger partial charge is 0.497 e. The quantitative estimate of drug-likeness (QED) is 0.290. The van der Waals surface area contributed by atoms with E-state index < -0.39 is 51.2 Å². The van der Waals surface area contributed by atoms with Gasteiger partial charge < -0.3 is 19.0 Å². The molecular weight excluding hydrogens is 515 g/mol. The molecule has 0 aliphatic carbocycles. The molecule has 4 rings (SSSR count). The fourth-order valence-electron chi connectivity index (χ4n) is 3.71. The minimum absolute atomic E-state index is 0.0447. The fourth-order valence-corrected chi connectivity index (χ4v) is 5.42. The van der Waals surface area contributed by atoms with Gasteiger partial charge in [0.2, 0.25) is 5.91 Å². The molecule has 0 saturated carbocycles. The Morgan fingerprint density at radius 1 is 1.11 bits per heavy atom. The van der Waals surface area contributed by atoms with Crippen LogP contribution in [0.15, 0.2) is 66.1 Å². The first-order valence-corrected chi connectivity index (χ1v) is 13.0. The van der Waals surface area contributed by atoms with Crippen LogP contribution in [-0.4, -0.2) is 55.4 Å². The molecule has 1 saturated heterocycles. The van der Waals surface area contributed by atoms with Crippen LogP contribution in [0, 0.1) is 0 Å². The molecule has 0 bridgehead atoms. The number of ether oxygens (including phenoxy) is 2. The number of nitrogens with zero attached hydrogens (tertiary/aromatic N) is 1. The minimum atomic E-state index is -5.47. The number of amides is 2. The number of benzene rings is 2. The maximum absolute atomic E-state index is 13.3. The van der Waals surface area contributed by atoms with Crippen LogP contribution in [0.1, 0.15) is 11.1 Å². The van der Waals surface area contributed by atoms with E-state index in [4.69, 9.17) is 9.47 Å². The highest BCUT2D eigenvalue weighted by Gasteiger charge is 2.55. The summed E-state index contributed by atoms with van der Waals surface area (Å²) >= 11 is 1.02. The molecule has 2 aromatic rings. The normalized spacial score (nSPS) is 19.2. The zero-order valence-electron chi connectivity index (χ0n) is 18.9. The monoisotopic (exact) mass is 536 g/mol. The number of rotatable bonds is 9. The first-order chi connectivity index (χ1) is 17.2. The summed E-state index contributed by atoms with van der Waals surface area (Å²) in [6.45, 7) is -0.209. The number of hydrogen-bond acceptors (Lipinski definition) is 9. The van der Waals surface area contributed by atoms with E-state index >= 15 is 0 Å². The van der Waals surface area contributed by atoms with Crippen LogP contribution in [0.2, 0.25) is 0 Å². The van der Waals surface area contributed by atoms with Crippen LogP contribution in [0.3, 0.4) is 0 Å². The molecule has 190 valence electrons. The van der Waals surface area contributed by atoms with E-state index in [1.54, 1.807) is 48.5 Å². The molecule has 36 heavy (non-hydrogen) atoms. The second kappa shape index (κ2) is 10.6. The van der Waals surface area contributed by atoms with Gasteiger partial charge in [-0.25, -0.2) is 4.79 Å². The molecule has 1 fully saturated rings. The van der Waals surface area contributed by atoms with Gasteiger partial charge in [-0.15, -0.1) is 11.8 Å². The fraction of sp³-hybridized carbons (Fsp3) is 0.261. The first kappa shape index (κ1) is 25.5. The van der Waals surface area contributed by atoms with Gasteiger partial charge in [0.25, 0.3) is 5.91 Å². The molecular formula is C23H21FN2O8S2. The van der Waals surface area contributed by atoms with Crippen molar-refractivity contribution in [1.29, 1.82) is 0 Å². The third-order valence-electron chi connectivity index (χ3n) is 5.38. The van der Waals surface area contributed by atoms with Crippen molar-refractivity contribution in [3.63, 3.8) is 0 Å². The summed E-state index contributed by atoms with van der Waals surface area (Å²) in [6, 6.07) is 14.6. The predicted octanol–water partition coefficient (Wildman–Crippen LogP) is 1.82. The van der Waals surface area contributed by atoms with Crippen molar-refractivity contribution in [2.45, 2.75) is 24.4 Å². The summed E-state index contributed by atoms with van der Waals surface area (Å²) in [4.78, 5) is 39.2. The maximum atomic E-state index is 13.3. The Kier molecular flexibility index (Phi) is 7.50. The maximum Gasteiger partial charge on any atom is 0.488 e. The van der Waals surface area contributed by atoms with Crippen LogP contribution in [0.5, 0.6) is 5.75 Å². The van der Waals surface area contributed by atoms with Gasteiger partial charge in [-0.05, 0) is 23.3 Å². The van der Waals surface area contributed by atoms with Crippen molar-refractivity contribution in [2.75, 3.05) is 12.9 Å². The number of carbonyl (C=O) groups excluding carboxylic acids is 3. The molecule has 0 aromatic heterocycles. The summed E-state index contributed by atoms with van der Waals surface area (Å²) in [7, 11) is -3.97. The number of nitrogens with one attached hydrogen (secondary N) is 1. The van der Waals surface area contributed by atoms with Crippen LogP contribution >= 0.6 is 11.8 Å². The highest BCUT2D eigenvalue weighted by Crippen LogP contribution is 2.41. The van der Waals surface area contributed by atoms with Crippen molar-refractivity contribution < 1.29 is 40.3 Å². The number of carbonyl (C=O) groups is 3. The second-order valence-electron chi connectivity index (χ2n) is 7.79. The van der Waals surface area contributed by atoms with E-state index in [0.29, 0.717) is 11.3 Å². The van der Waals surface area contributed by atoms with E-state index in [2.05, 4.69) is 9.50 Å². The Bertz CT molecular complexity index is 1300. The predicted molar refractivity (Wildman–Crippen MR) is 126 cm³/mol. The zero-order valence-corrected chi connectivity index (χ0v) is 20.5. The van der Waals surface area contributed by atoms with Gasteiger partial charge in [-0.1, -0.05) is 46.4 Å². The van der Waals surface area contributed by atoms with Crippen molar-refractivity contribution in [1.82, 2.24) is 10.2 Å². The van der Waals surface area contributed by atoms with Gasteiger partial charge in [0, 0.05) is 0 Å². The van der Waals surface area contributed by atoms with E-state index in [1.807, 2.05) is 6.07 Å². The molecule has 2 atom stereocenters. The van der Waals surface area contributed by atoms with E-state index in [9.17, 15) is 26.7 Å². The molecule has 0 spiro atoms. The summed E-state index contributed by atoms with van der Waals surface area (Å²) < 4.78 is 50.2. The molecule has 13 heteroatoms. The lowest BCUT2D eigenvalue weighted by Gasteiger charge is -2.49. The highest BCUT2D eigenvalue weighted by molar-refractivity contribution is 8.00. The summed E-state index contributed by atoms with van der Waals surface area (Å²) in [5.41, 5.74) is 0.821. The number of hydrogen-bond donors (Lipinski definition) is 1. The number of esters is 1. The SMILES string of the molecule is COc1ccc(COC(=O)C2=C(OS(=O)(=O)F)CS[C@@H]3C(NC(=O)Cc4ccccc4)C(=O)N23)cc1. The lowest BCUT2D eigenvalue weighted by atomic mass is 10.0. The minimum Gasteiger partial charge on any atom is -0.497 e. The summed E-state index contributed by atoms with van der Waals surface area (Å²) in [5, 5.41) is 1.91. The number of methoxy groups -OCH3 is 1. The smallest absolute Gasteiger partial charge is 0.488 e. The van der Waals surface area contributed by atoms with Gasteiger partial charge in [0.1, 0.15) is 23.8 Å². The average Bonchev–Trinajstić information content (AvgIpc) is 2.85. The van der Waals surface area contributed by atoms with E-state index in [0.717, 1.165) is 22.2 Å². The first-order valence-electron chi connectivity index (χ1n) is 10.6. The molecule has 2 amide bonds. The second-order valence-corrected chi connectivity index (χ2v) is 9.85. The Labute approximate surface area is 210 Å². The van der Waals surface area contributed by atoms with Gasteiger partial charge in [0.05, 0.1) is 19.3 Å². The van der Waals surface area contributed by atoms with Gasteiger partial charge in [0.15, 0.2) is 11.5 Å². The standard InChI is InChI=1S/C23H21FN2O8S2/c1-32-16-9-7-15(8-10-16)12-33-23(29)20-17(34-36(24,30)31)13-35-22-19(21(28)26(20)22)25-18(27)11-14-5-3-2-4-6-14/h2-10,19,22H,11-13H2,1H3,(H,25,27)/t19?,22-/m1/s1. The molecule has 0 radical (unpaired) electrons. The lowest BCUT2D eigenvalue weighted by molar-refractivity contribution is -0.153. The number of fused-ring (bicyclic) bond motifs is 1. The van der Waals surface area contributed by atoms with Crippen LogP contribution in [0.25, 0.3) is 0 Å². The Balaban J connectivity index is 1.49. The molecule has 10 nitrogen and oxygen atoms in total. The molecule has 2 heterocycles. The topological polar surface area (TPSA) is 128 Å². The molecule has 2 aliphatic heterocycles. The molecule has 1 N–H and O–H groups in total. The Hall–Kier alpha value is -3.58. The third kappa shape index (κ3) is 5.79. The summed E-state index contributed by atoms with van der Waals surface area (Å²) in [5.74, 6) is -2.37. The molecule has 1 unspecified atom stereocenters. The van der Waals surface area contributed by atoms with E-state index in [1.165, 1.54) is 7.11 Å². The van der Waals surface area contributed by atoms with Crippen LogP contribution < -0.4 is 10.1 Å². The average molecular weight is 537 g/mol. The lowest BCUT2D eigenvalue weighted by Crippen LogP contribution is -2.70. The van der Waals surface area contributed by atoms with Crippen LogP contribution in [-0.2, 0) is 46.8 Å². The Morgan fingerprint density at radius 3 is 2.44 bits per heavy atom. The van der Waals surface area contributed by atoms with Crippen molar-refractivity contribution >= 4 is 40.0 Å². The summed E-state index contributed by atoms with van der Waals surface area (Å²) in [6.07, 6.45) is 0.0447. The van der Waals surface area contributed by atoms with E-state index in [-0.39, 0.29) is 18.8 Å². The van der Waals surface area contributed by atoms with Crippen molar-refractivity contribution in [2.24, 2.45) is 0 Å². The van der Waals surface area contributed by atoms with Gasteiger partial charge in [-0.3, -0.25) is 14.5 Å². The van der Waals surface area contributed by atoms with Gasteiger partial charge >= 0.3 is 16.5 Å². The Morgan fingerprint density at radius 2 is 1.81 bits per heavy atom. The molecule has 2 aromatic carbocycles. The number of β-lactam (4-membered cyclic amide) rings is 1. The van der Waals surface area contributed by atoms with Crippen LogP contribution in [0.4, 0.5) is 3.89 Å². The zero-order chi connectivity index (χ0) is 25.9. The van der Waals surface area contributed by atoms with Crippen molar-refractivity contribution in [3.05, 3.63) is 77.2 Å². The number of thioether (sulfide) groups is 1. The third-order valence-corrected chi connectivity index (χ3v) is 7.03. The highest BCUT2D eigenvalue weighted by atomic mass is 32.3. The van der Waals surface area contributed by atoms with Crippen molar-refractivity contribution in [3.8, 4) is 5.75 Å².